The molecule has 2 N–H and O–H groups in total. The number of benzene rings is 1. The zero-order chi connectivity index (χ0) is 12.4. The normalized spacial score (nSPS) is 10.2. The van der Waals surface area contributed by atoms with Crippen LogP contribution < -0.4 is 10.6 Å². The first-order valence-electron chi connectivity index (χ1n) is 5.20. The molecule has 0 bridgehead atoms. The van der Waals surface area contributed by atoms with Crippen molar-refractivity contribution in [3.63, 3.8) is 0 Å². The van der Waals surface area contributed by atoms with E-state index in [9.17, 15) is 4.79 Å². The molecule has 0 saturated carbocycles. The van der Waals surface area contributed by atoms with Crippen LogP contribution in [-0.2, 0) is 7.05 Å². The number of carbonyl (C=O) groups excluding carboxylic acids is 1. The Hall–Kier alpha value is -2.30. The van der Waals surface area contributed by atoms with E-state index in [2.05, 4.69) is 5.10 Å². The number of rotatable bonds is 2. The molecule has 0 radical (unpaired) electrons. The topological polar surface area (TPSA) is 64.2 Å². The number of nitrogens with two attached hydrogens (primary N) is 1. The lowest BCUT2D eigenvalue weighted by Gasteiger charge is -2.16. The molecule has 1 aromatic carbocycles. The third-order valence-corrected chi connectivity index (χ3v) is 2.54. The lowest BCUT2D eigenvalue weighted by atomic mass is 10.2. The van der Waals surface area contributed by atoms with Crippen LogP contribution in [0.15, 0.2) is 36.7 Å². The standard InChI is InChI=1S/C12H14N4O/c1-15-8-9(7-14-15)12(17)16(2)11-5-3-10(13)4-6-11/h3-8H,13H2,1-2H3. The number of nitrogens with zero attached hydrogens (tertiary/aromatic N) is 3. The fourth-order valence-corrected chi connectivity index (χ4v) is 1.54. The zero-order valence-electron chi connectivity index (χ0n) is 9.79. The van der Waals surface area contributed by atoms with Crippen molar-refractivity contribution in [2.75, 3.05) is 17.7 Å². The number of hydrogen-bond donors (Lipinski definition) is 1. The van der Waals surface area contributed by atoms with Crippen molar-refractivity contribution in [3.05, 3.63) is 42.2 Å². The Kier molecular flexibility index (Phi) is 2.82. The Morgan fingerprint density at radius 3 is 2.53 bits per heavy atom. The van der Waals surface area contributed by atoms with E-state index in [4.69, 9.17) is 5.73 Å². The summed E-state index contributed by atoms with van der Waals surface area (Å²) in [4.78, 5) is 13.7. The molecule has 1 heterocycles. The minimum Gasteiger partial charge on any atom is -0.399 e. The molecular weight excluding hydrogens is 216 g/mol. The first kappa shape index (κ1) is 11.2. The average Bonchev–Trinajstić information content (AvgIpc) is 2.75. The molecule has 1 aromatic heterocycles. The second kappa shape index (κ2) is 4.29. The zero-order valence-corrected chi connectivity index (χ0v) is 9.79. The molecule has 0 spiro atoms. The van der Waals surface area contributed by atoms with E-state index >= 15 is 0 Å². The summed E-state index contributed by atoms with van der Waals surface area (Å²) < 4.78 is 1.60. The second-order valence-corrected chi connectivity index (χ2v) is 3.86. The van der Waals surface area contributed by atoms with Gasteiger partial charge in [0.1, 0.15) is 0 Å². The molecule has 0 unspecified atom stereocenters. The van der Waals surface area contributed by atoms with Crippen LogP contribution in [0.2, 0.25) is 0 Å². The maximum absolute atomic E-state index is 12.1. The van der Waals surface area contributed by atoms with Gasteiger partial charge < -0.3 is 10.6 Å². The van der Waals surface area contributed by atoms with E-state index in [1.807, 2.05) is 12.1 Å². The Morgan fingerprint density at radius 2 is 2.00 bits per heavy atom. The van der Waals surface area contributed by atoms with Gasteiger partial charge in [0.05, 0.1) is 11.8 Å². The first-order valence-corrected chi connectivity index (χ1v) is 5.20. The highest BCUT2D eigenvalue weighted by molar-refractivity contribution is 6.05. The SMILES string of the molecule is CN(C(=O)c1cnn(C)c1)c1ccc(N)cc1. The minimum atomic E-state index is -0.0946. The van der Waals surface area contributed by atoms with E-state index in [1.54, 1.807) is 48.2 Å². The molecule has 5 nitrogen and oxygen atoms in total. The van der Waals surface area contributed by atoms with Crippen molar-refractivity contribution >= 4 is 17.3 Å². The van der Waals surface area contributed by atoms with Gasteiger partial charge in [-0.25, -0.2) is 0 Å². The second-order valence-electron chi connectivity index (χ2n) is 3.86. The average molecular weight is 230 g/mol. The summed E-state index contributed by atoms with van der Waals surface area (Å²) in [7, 11) is 3.50. The Bertz CT molecular complexity index is 530. The smallest absolute Gasteiger partial charge is 0.261 e. The van der Waals surface area contributed by atoms with Crippen molar-refractivity contribution in [2.45, 2.75) is 0 Å². The van der Waals surface area contributed by atoms with E-state index in [0.717, 1.165) is 5.69 Å². The highest BCUT2D eigenvalue weighted by Crippen LogP contribution is 2.16. The molecule has 0 aliphatic rings. The molecule has 5 heteroatoms. The summed E-state index contributed by atoms with van der Waals surface area (Å²) in [6.45, 7) is 0. The largest absolute Gasteiger partial charge is 0.399 e. The van der Waals surface area contributed by atoms with Crippen molar-refractivity contribution < 1.29 is 4.79 Å². The number of amides is 1. The van der Waals surface area contributed by atoms with Crippen LogP contribution in [0.1, 0.15) is 10.4 Å². The van der Waals surface area contributed by atoms with Gasteiger partial charge in [-0.2, -0.15) is 5.10 Å². The summed E-state index contributed by atoms with van der Waals surface area (Å²) in [6.07, 6.45) is 3.24. The Labute approximate surface area is 99.5 Å². The number of anilines is 2. The third-order valence-electron chi connectivity index (χ3n) is 2.54. The van der Waals surface area contributed by atoms with Crippen molar-refractivity contribution in [3.8, 4) is 0 Å². The van der Waals surface area contributed by atoms with Crippen molar-refractivity contribution in [1.82, 2.24) is 9.78 Å². The number of hydrogen-bond acceptors (Lipinski definition) is 3. The lowest BCUT2D eigenvalue weighted by molar-refractivity contribution is 0.0993. The molecule has 0 aliphatic carbocycles. The summed E-state index contributed by atoms with van der Waals surface area (Å²) in [6, 6.07) is 7.15. The van der Waals surface area contributed by atoms with E-state index in [-0.39, 0.29) is 5.91 Å². The minimum absolute atomic E-state index is 0.0946. The third kappa shape index (κ3) is 2.28. The van der Waals surface area contributed by atoms with E-state index < -0.39 is 0 Å². The van der Waals surface area contributed by atoms with Gasteiger partial charge in [0.25, 0.3) is 5.91 Å². The summed E-state index contributed by atoms with van der Waals surface area (Å²) in [5, 5.41) is 3.98. The van der Waals surface area contributed by atoms with Gasteiger partial charge >= 0.3 is 0 Å². The van der Waals surface area contributed by atoms with Gasteiger partial charge in [-0.3, -0.25) is 9.48 Å². The molecule has 0 fully saturated rings. The Morgan fingerprint density at radius 1 is 1.35 bits per heavy atom. The van der Waals surface area contributed by atoms with E-state index in [1.165, 1.54) is 0 Å². The molecule has 1 amide bonds. The van der Waals surface area contributed by atoms with Crippen molar-refractivity contribution in [2.24, 2.45) is 7.05 Å². The monoisotopic (exact) mass is 230 g/mol. The van der Waals surface area contributed by atoms with Crippen molar-refractivity contribution in [1.29, 1.82) is 0 Å². The van der Waals surface area contributed by atoms with Gasteiger partial charge in [0.15, 0.2) is 0 Å². The van der Waals surface area contributed by atoms with Gasteiger partial charge in [-0.1, -0.05) is 0 Å². The predicted octanol–water partition coefficient (Wildman–Crippen LogP) is 1.28. The predicted molar refractivity (Wildman–Crippen MR) is 66.8 cm³/mol. The fourth-order valence-electron chi connectivity index (χ4n) is 1.54. The highest BCUT2D eigenvalue weighted by atomic mass is 16.2. The number of carbonyl (C=O) groups is 1. The molecule has 0 saturated heterocycles. The fraction of sp³-hybridized carbons (Fsp3) is 0.167. The van der Waals surface area contributed by atoms with Crippen LogP contribution in [0.4, 0.5) is 11.4 Å². The van der Waals surface area contributed by atoms with Crippen LogP contribution in [0.3, 0.4) is 0 Å². The first-order chi connectivity index (χ1) is 8.08. The van der Waals surface area contributed by atoms with Crippen LogP contribution in [0, 0.1) is 0 Å². The molecule has 2 aromatic rings. The van der Waals surface area contributed by atoms with E-state index in [0.29, 0.717) is 11.3 Å². The molecule has 88 valence electrons. The van der Waals surface area contributed by atoms with Crippen LogP contribution in [0.25, 0.3) is 0 Å². The molecule has 17 heavy (non-hydrogen) atoms. The summed E-state index contributed by atoms with van der Waals surface area (Å²) in [5.41, 5.74) is 7.64. The Balaban J connectivity index is 2.23. The number of aromatic nitrogens is 2. The van der Waals surface area contributed by atoms with Crippen LogP contribution in [0.5, 0.6) is 0 Å². The molecular formula is C12H14N4O. The van der Waals surface area contributed by atoms with Gasteiger partial charge in [-0.05, 0) is 24.3 Å². The lowest BCUT2D eigenvalue weighted by Crippen LogP contribution is -2.25. The molecule has 0 aliphatic heterocycles. The summed E-state index contributed by atoms with van der Waals surface area (Å²) >= 11 is 0. The van der Waals surface area contributed by atoms with Gasteiger partial charge in [0, 0.05) is 31.7 Å². The summed E-state index contributed by atoms with van der Waals surface area (Å²) in [5.74, 6) is -0.0946. The highest BCUT2D eigenvalue weighted by Gasteiger charge is 2.14. The molecule has 0 atom stereocenters. The number of nitrogen functional groups attached to an aromatic ring is 1. The quantitative estimate of drug-likeness (QED) is 0.790. The van der Waals surface area contributed by atoms with Crippen LogP contribution in [-0.4, -0.2) is 22.7 Å². The maximum Gasteiger partial charge on any atom is 0.261 e. The van der Waals surface area contributed by atoms with Crippen LogP contribution >= 0.6 is 0 Å². The maximum atomic E-state index is 12.1. The van der Waals surface area contributed by atoms with Gasteiger partial charge in [-0.15, -0.1) is 0 Å². The molecule has 2 rings (SSSR count). The van der Waals surface area contributed by atoms with Gasteiger partial charge in [0.2, 0.25) is 0 Å². The number of aryl methyl sites for hydroxylation is 1.